The van der Waals surface area contributed by atoms with Crippen LogP contribution in [0.15, 0.2) is 64.2 Å². The number of carbonyl (C=O) groups excluding carboxylic acids is 1. The van der Waals surface area contributed by atoms with E-state index in [1.807, 2.05) is 16.8 Å². The first-order chi connectivity index (χ1) is 15.8. The van der Waals surface area contributed by atoms with Crippen LogP contribution < -0.4 is 10.5 Å². The highest BCUT2D eigenvalue weighted by Gasteiger charge is 2.17. The largest absolute Gasteiger partial charge is 0.398 e. The third kappa shape index (κ3) is 7.07. The van der Waals surface area contributed by atoms with Gasteiger partial charge in [-0.1, -0.05) is 29.7 Å². The molecule has 172 valence electrons. The number of terminal acetylenes is 1. The molecule has 6 nitrogen and oxygen atoms in total. The molecule has 3 aromatic rings. The van der Waals surface area contributed by atoms with Crippen molar-refractivity contribution < 1.29 is 13.2 Å². The van der Waals surface area contributed by atoms with Gasteiger partial charge in [-0.25, -0.2) is 8.42 Å². The van der Waals surface area contributed by atoms with Gasteiger partial charge in [-0.15, -0.1) is 6.42 Å². The number of hydrogen-bond acceptors (Lipinski definition) is 5. The Balaban J connectivity index is 1.73. The second-order valence-corrected chi connectivity index (χ2v) is 10.4. The van der Waals surface area contributed by atoms with Gasteiger partial charge in [0, 0.05) is 23.8 Å². The summed E-state index contributed by atoms with van der Waals surface area (Å²) in [6, 6.07) is 13.7. The number of thiophene rings is 1. The number of hydrogen-bond donors (Lipinski definition) is 2. The third-order valence-electron chi connectivity index (χ3n) is 5.02. The van der Waals surface area contributed by atoms with Crippen molar-refractivity contribution in [3.63, 3.8) is 0 Å². The van der Waals surface area contributed by atoms with E-state index in [0.717, 1.165) is 16.7 Å². The normalized spacial score (nSPS) is 11.2. The summed E-state index contributed by atoms with van der Waals surface area (Å²) in [5.74, 6) is 2.22. The SMILES string of the molecule is C#CCNS(=O)(=O)c1ccc(CCN(Cc2cc(Cl)ccc2N)C(=O)Cc2ccsc2)cc1. The second kappa shape index (κ2) is 11.3. The number of halogens is 1. The molecule has 0 fully saturated rings. The van der Waals surface area contributed by atoms with Gasteiger partial charge in [0.2, 0.25) is 15.9 Å². The molecule has 3 rings (SSSR count). The van der Waals surface area contributed by atoms with Crippen molar-refractivity contribution in [2.75, 3.05) is 18.8 Å². The topological polar surface area (TPSA) is 92.5 Å². The van der Waals surface area contributed by atoms with Crippen LogP contribution in [0.3, 0.4) is 0 Å². The molecule has 1 heterocycles. The Hall–Kier alpha value is -2.83. The summed E-state index contributed by atoms with van der Waals surface area (Å²) in [4.78, 5) is 15.0. The summed E-state index contributed by atoms with van der Waals surface area (Å²) in [6.07, 6.45) is 5.96. The van der Waals surface area contributed by atoms with E-state index in [4.69, 9.17) is 23.8 Å². The quantitative estimate of drug-likeness (QED) is 0.327. The average molecular weight is 502 g/mol. The average Bonchev–Trinajstić information content (AvgIpc) is 3.30. The highest BCUT2D eigenvalue weighted by atomic mass is 35.5. The zero-order valence-corrected chi connectivity index (χ0v) is 20.2. The van der Waals surface area contributed by atoms with Crippen LogP contribution in [0.2, 0.25) is 5.02 Å². The lowest BCUT2D eigenvalue weighted by Crippen LogP contribution is -2.34. The Morgan fingerprint density at radius 1 is 1.15 bits per heavy atom. The second-order valence-electron chi connectivity index (χ2n) is 7.39. The Kier molecular flexibility index (Phi) is 8.53. The standard InChI is InChI=1S/C24H24ClN3O3S2/c1-2-11-27-33(30,31)22-6-3-18(4-7-22)9-12-28(24(29)14-19-10-13-32-17-19)16-20-15-21(25)5-8-23(20)26/h1,3-8,10,13,15,17,27H,9,11-12,14,16,26H2. The predicted molar refractivity (Wildman–Crippen MR) is 133 cm³/mol. The fourth-order valence-electron chi connectivity index (χ4n) is 3.21. The van der Waals surface area contributed by atoms with Crippen molar-refractivity contribution in [3.8, 4) is 12.3 Å². The van der Waals surface area contributed by atoms with Crippen LogP contribution in [-0.4, -0.2) is 32.3 Å². The number of rotatable bonds is 10. The summed E-state index contributed by atoms with van der Waals surface area (Å²) in [7, 11) is -3.64. The molecule has 0 saturated carbocycles. The summed E-state index contributed by atoms with van der Waals surface area (Å²) in [5, 5.41) is 4.45. The first kappa shape index (κ1) is 24.8. The van der Waals surface area contributed by atoms with Crippen molar-refractivity contribution in [3.05, 3.63) is 81.0 Å². The van der Waals surface area contributed by atoms with Gasteiger partial charge in [-0.2, -0.15) is 16.1 Å². The van der Waals surface area contributed by atoms with Crippen molar-refractivity contribution in [1.82, 2.24) is 9.62 Å². The number of nitrogens with zero attached hydrogens (tertiary/aromatic N) is 1. The number of sulfonamides is 1. The molecule has 0 unspecified atom stereocenters. The molecule has 1 aromatic heterocycles. The van der Waals surface area contributed by atoms with Crippen molar-refractivity contribution in [1.29, 1.82) is 0 Å². The molecule has 1 amide bonds. The molecule has 2 aromatic carbocycles. The van der Waals surface area contributed by atoms with Crippen molar-refractivity contribution in [2.45, 2.75) is 24.3 Å². The van der Waals surface area contributed by atoms with Gasteiger partial charge in [0.25, 0.3) is 0 Å². The zero-order chi connectivity index (χ0) is 23.8. The zero-order valence-electron chi connectivity index (χ0n) is 17.8. The van der Waals surface area contributed by atoms with E-state index in [0.29, 0.717) is 36.6 Å². The van der Waals surface area contributed by atoms with Crippen LogP contribution in [0.1, 0.15) is 16.7 Å². The van der Waals surface area contributed by atoms with Crippen molar-refractivity contribution >= 4 is 44.6 Å². The molecule has 9 heteroatoms. The van der Waals surface area contributed by atoms with Crippen LogP contribution in [-0.2, 0) is 34.2 Å². The van der Waals surface area contributed by atoms with Gasteiger partial charge in [-0.05, 0) is 70.3 Å². The van der Waals surface area contributed by atoms with Crippen LogP contribution >= 0.6 is 22.9 Å². The minimum atomic E-state index is -3.64. The van der Waals surface area contributed by atoms with Gasteiger partial charge >= 0.3 is 0 Å². The molecule has 0 bridgehead atoms. The Morgan fingerprint density at radius 2 is 1.91 bits per heavy atom. The van der Waals surface area contributed by atoms with E-state index in [2.05, 4.69) is 10.6 Å². The van der Waals surface area contributed by atoms with Crippen LogP contribution in [0, 0.1) is 12.3 Å². The summed E-state index contributed by atoms with van der Waals surface area (Å²) >= 11 is 7.68. The summed E-state index contributed by atoms with van der Waals surface area (Å²) in [6.45, 7) is 0.701. The summed E-state index contributed by atoms with van der Waals surface area (Å²) < 4.78 is 26.7. The van der Waals surface area contributed by atoms with E-state index >= 15 is 0 Å². The number of nitrogen functional groups attached to an aromatic ring is 1. The van der Waals surface area contributed by atoms with Crippen LogP contribution in [0.5, 0.6) is 0 Å². The fourth-order valence-corrected chi connectivity index (χ4v) is 5.01. The molecule has 0 aliphatic carbocycles. The minimum absolute atomic E-state index is 0.0227. The lowest BCUT2D eigenvalue weighted by atomic mass is 10.1. The van der Waals surface area contributed by atoms with Gasteiger partial charge in [-0.3, -0.25) is 4.79 Å². The third-order valence-corrected chi connectivity index (χ3v) is 7.41. The van der Waals surface area contributed by atoms with Crippen LogP contribution in [0.4, 0.5) is 5.69 Å². The molecule has 0 atom stereocenters. The highest BCUT2D eigenvalue weighted by molar-refractivity contribution is 7.89. The lowest BCUT2D eigenvalue weighted by molar-refractivity contribution is -0.131. The number of carbonyl (C=O) groups is 1. The maximum atomic E-state index is 13.1. The molecule has 0 radical (unpaired) electrons. The van der Waals surface area contributed by atoms with Gasteiger partial charge in [0.15, 0.2) is 0 Å². The maximum absolute atomic E-state index is 13.1. The Morgan fingerprint density at radius 3 is 2.58 bits per heavy atom. The minimum Gasteiger partial charge on any atom is -0.398 e. The molecule has 0 saturated heterocycles. The van der Waals surface area contributed by atoms with Gasteiger partial charge < -0.3 is 10.6 Å². The van der Waals surface area contributed by atoms with E-state index < -0.39 is 10.0 Å². The van der Waals surface area contributed by atoms with E-state index in [-0.39, 0.29) is 17.3 Å². The molecule has 0 aliphatic heterocycles. The monoisotopic (exact) mass is 501 g/mol. The first-order valence-electron chi connectivity index (χ1n) is 10.1. The van der Waals surface area contributed by atoms with Crippen molar-refractivity contribution in [2.24, 2.45) is 0 Å². The number of anilines is 1. The number of amides is 1. The lowest BCUT2D eigenvalue weighted by Gasteiger charge is -2.24. The number of nitrogens with two attached hydrogens (primary N) is 1. The number of benzene rings is 2. The van der Waals surface area contributed by atoms with E-state index in [1.165, 1.54) is 12.1 Å². The molecular formula is C24H24ClN3O3S2. The highest BCUT2D eigenvalue weighted by Crippen LogP contribution is 2.21. The van der Waals surface area contributed by atoms with Crippen LogP contribution in [0.25, 0.3) is 0 Å². The maximum Gasteiger partial charge on any atom is 0.241 e. The predicted octanol–water partition coefficient (Wildman–Crippen LogP) is 3.71. The smallest absolute Gasteiger partial charge is 0.241 e. The number of nitrogens with one attached hydrogen (secondary N) is 1. The van der Waals surface area contributed by atoms with E-state index in [1.54, 1.807) is 46.6 Å². The summed E-state index contributed by atoms with van der Waals surface area (Å²) in [5.41, 5.74) is 9.32. The molecular weight excluding hydrogens is 478 g/mol. The first-order valence-corrected chi connectivity index (χ1v) is 12.9. The fraction of sp³-hybridized carbons (Fsp3) is 0.208. The Labute approximate surface area is 203 Å². The van der Waals surface area contributed by atoms with E-state index in [9.17, 15) is 13.2 Å². The molecule has 0 spiro atoms. The molecule has 33 heavy (non-hydrogen) atoms. The molecule has 3 N–H and O–H groups in total. The van der Waals surface area contributed by atoms with Gasteiger partial charge in [0.05, 0.1) is 17.9 Å². The van der Waals surface area contributed by atoms with Gasteiger partial charge in [0.1, 0.15) is 0 Å². The Bertz CT molecular complexity index is 1230. The molecule has 0 aliphatic rings.